The number of rotatable bonds is 5. The van der Waals surface area contributed by atoms with Crippen LogP contribution in [-0.4, -0.2) is 85.8 Å². The average molecular weight is 542 g/mol. The minimum atomic E-state index is -4.68. The van der Waals surface area contributed by atoms with Gasteiger partial charge in [-0.25, -0.2) is 9.18 Å². The molecule has 1 unspecified atom stereocenters. The van der Waals surface area contributed by atoms with E-state index in [9.17, 15) is 27.2 Å². The van der Waals surface area contributed by atoms with E-state index in [2.05, 4.69) is 5.32 Å². The number of urea groups is 1. The van der Waals surface area contributed by atoms with E-state index in [1.54, 1.807) is 9.80 Å². The van der Waals surface area contributed by atoms with Crippen LogP contribution in [0.25, 0.3) is 0 Å². The molecular formula is C25H31F4N5O4. The Morgan fingerprint density at radius 1 is 1.18 bits per heavy atom. The normalized spacial score (nSPS) is 23.8. The average Bonchev–Trinajstić information content (AvgIpc) is 2.89. The molecule has 3 amide bonds. The van der Waals surface area contributed by atoms with Gasteiger partial charge in [0.25, 0.3) is 0 Å². The second-order valence-electron chi connectivity index (χ2n) is 9.63. The first-order valence-electron chi connectivity index (χ1n) is 12.5. The summed E-state index contributed by atoms with van der Waals surface area (Å²) in [5.74, 6) is -1.58. The molecule has 38 heavy (non-hydrogen) atoms. The number of carbonyl (C=O) groups is 2. The Bertz CT molecular complexity index is 1060. The van der Waals surface area contributed by atoms with Crippen molar-refractivity contribution in [2.75, 3.05) is 39.8 Å². The number of nitrogens with one attached hydrogen (secondary N) is 3. The molecule has 13 heteroatoms. The molecule has 0 spiro atoms. The molecule has 3 fully saturated rings. The number of piperidine rings is 2. The van der Waals surface area contributed by atoms with Gasteiger partial charge in [-0.05, 0) is 37.0 Å². The van der Waals surface area contributed by atoms with E-state index in [0.717, 1.165) is 7.05 Å². The van der Waals surface area contributed by atoms with E-state index in [1.807, 2.05) is 5.32 Å². The molecule has 0 bridgehead atoms. The zero-order valence-electron chi connectivity index (χ0n) is 20.9. The topological polar surface area (TPSA) is 107 Å². The number of alkyl halides is 3. The Morgan fingerprint density at radius 2 is 1.84 bits per heavy atom. The quantitative estimate of drug-likeness (QED) is 0.302. The van der Waals surface area contributed by atoms with Gasteiger partial charge < -0.3 is 29.9 Å². The predicted molar refractivity (Wildman–Crippen MR) is 129 cm³/mol. The van der Waals surface area contributed by atoms with Gasteiger partial charge in [0.1, 0.15) is 24.2 Å². The van der Waals surface area contributed by atoms with Crippen LogP contribution >= 0.6 is 0 Å². The van der Waals surface area contributed by atoms with Crippen LogP contribution in [0.3, 0.4) is 0 Å². The molecule has 3 heterocycles. The van der Waals surface area contributed by atoms with Crippen molar-refractivity contribution in [2.24, 2.45) is 5.92 Å². The Labute approximate surface area is 217 Å². The summed E-state index contributed by atoms with van der Waals surface area (Å²) in [7, 11) is 1.11. The number of halogens is 4. The zero-order valence-corrected chi connectivity index (χ0v) is 20.9. The number of amides is 3. The Morgan fingerprint density at radius 3 is 2.47 bits per heavy atom. The Hall–Kier alpha value is -3.35. The lowest BCUT2D eigenvalue weighted by Gasteiger charge is -2.44. The highest BCUT2D eigenvalue weighted by molar-refractivity contribution is 5.85. The lowest BCUT2D eigenvalue weighted by molar-refractivity contribution is -0.139. The number of hydrogen-bond donors (Lipinski definition) is 3. The lowest BCUT2D eigenvalue weighted by atomic mass is 9.87. The predicted octanol–water partition coefficient (Wildman–Crippen LogP) is 2.95. The van der Waals surface area contributed by atoms with E-state index in [-0.39, 0.29) is 36.6 Å². The first-order chi connectivity index (χ1) is 18.0. The van der Waals surface area contributed by atoms with Crippen LogP contribution in [0.2, 0.25) is 0 Å². The van der Waals surface area contributed by atoms with E-state index >= 15 is 0 Å². The minimum Gasteiger partial charge on any atom is -0.470 e. The number of benzene rings is 1. The van der Waals surface area contributed by atoms with Gasteiger partial charge in [-0.15, -0.1) is 0 Å². The van der Waals surface area contributed by atoms with Crippen molar-refractivity contribution in [3.05, 3.63) is 47.4 Å². The molecule has 3 N–H and O–H groups in total. The largest absolute Gasteiger partial charge is 0.470 e. The first kappa shape index (κ1) is 27.7. The lowest BCUT2D eigenvalue weighted by Crippen LogP contribution is -2.62. The summed E-state index contributed by atoms with van der Waals surface area (Å²) >= 11 is 0. The van der Waals surface area contributed by atoms with Crippen LogP contribution in [0.4, 0.5) is 22.4 Å². The number of allylic oxidation sites excluding steroid dienone is 1. The van der Waals surface area contributed by atoms with Crippen molar-refractivity contribution >= 4 is 17.8 Å². The van der Waals surface area contributed by atoms with Gasteiger partial charge in [-0.3, -0.25) is 10.2 Å². The van der Waals surface area contributed by atoms with Crippen LogP contribution in [0.1, 0.15) is 30.9 Å². The maximum absolute atomic E-state index is 13.5. The van der Waals surface area contributed by atoms with Gasteiger partial charge in [0.05, 0.1) is 12.1 Å². The molecule has 0 aliphatic carbocycles. The molecule has 4 rings (SSSR count). The third-order valence-electron chi connectivity index (χ3n) is 7.14. The van der Waals surface area contributed by atoms with Crippen LogP contribution in [0, 0.1) is 17.1 Å². The van der Waals surface area contributed by atoms with Crippen LogP contribution in [-0.2, 0) is 14.3 Å². The highest BCUT2D eigenvalue weighted by Crippen LogP contribution is 2.35. The molecule has 3 saturated heterocycles. The fourth-order valence-corrected chi connectivity index (χ4v) is 5.15. The maximum Gasteiger partial charge on any atom is 0.431 e. The summed E-state index contributed by atoms with van der Waals surface area (Å²) < 4.78 is 64.2. The van der Waals surface area contributed by atoms with Gasteiger partial charge in [-0.1, -0.05) is 12.1 Å². The zero-order chi connectivity index (χ0) is 27.4. The standard InChI is InChI=1S/C25H31F4N5O4/c1-31-20(25(27,28)29)12-21(30)38-23(15-2-4-17(26)5-3-15)16-6-9-33(10-7-16)24(36)34-11-8-19-18(13-34)32-22(35)14-37-19/h2-5,12,16,18-19,23,30-31H,6-11,13-14H2,1H3,(H,32,35)/b20-12-,30-21?/t18-,19+,23?/m1/s1. The first-order valence-corrected chi connectivity index (χ1v) is 12.5. The monoisotopic (exact) mass is 541 g/mol. The summed E-state index contributed by atoms with van der Waals surface area (Å²) in [6.07, 6.45) is -3.44. The number of morpholine rings is 1. The number of carbonyl (C=O) groups excluding carboxylic acids is 2. The van der Waals surface area contributed by atoms with E-state index in [4.69, 9.17) is 14.9 Å². The van der Waals surface area contributed by atoms with E-state index < -0.39 is 29.7 Å². The van der Waals surface area contributed by atoms with Crippen LogP contribution in [0.15, 0.2) is 36.0 Å². The number of likely N-dealkylation sites (tertiary alicyclic amines) is 2. The molecule has 0 saturated carbocycles. The highest BCUT2D eigenvalue weighted by Gasteiger charge is 2.39. The molecule has 0 radical (unpaired) electrons. The van der Waals surface area contributed by atoms with Gasteiger partial charge in [0.15, 0.2) is 0 Å². The highest BCUT2D eigenvalue weighted by atomic mass is 19.4. The minimum absolute atomic E-state index is 0.0274. The third-order valence-corrected chi connectivity index (χ3v) is 7.14. The van der Waals surface area contributed by atoms with Crippen molar-refractivity contribution in [1.82, 2.24) is 20.4 Å². The summed E-state index contributed by atoms with van der Waals surface area (Å²) in [5, 5.41) is 13.0. The van der Waals surface area contributed by atoms with Crippen molar-refractivity contribution in [3.8, 4) is 0 Å². The van der Waals surface area contributed by atoms with Crippen molar-refractivity contribution in [2.45, 2.75) is 43.7 Å². The van der Waals surface area contributed by atoms with Crippen molar-refractivity contribution in [1.29, 1.82) is 5.41 Å². The molecule has 1 aromatic rings. The molecule has 3 atom stereocenters. The van der Waals surface area contributed by atoms with E-state index in [0.29, 0.717) is 57.1 Å². The second kappa shape index (κ2) is 11.6. The summed E-state index contributed by atoms with van der Waals surface area (Å²) in [5.41, 5.74) is -0.591. The fourth-order valence-electron chi connectivity index (χ4n) is 5.15. The van der Waals surface area contributed by atoms with Gasteiger partial charge in [0, 0.05) is 45.2 Å². The van der Waals surface area contributed by atoms with E-state index in [1.165, 1.54) is 24.3 Å². The molecule has 9 nitrogen and oxygen atoms in total. The number of hydrogen-bond acceptors (Lipinski definition) is 6. The van der Waals surface area contributed by atoms with Gasteiger partial charge in [0.2, 0.25) is 11.8 Å². The molecule has 3 aliphatic rings. The van der Waals surface area contributed by atoms with Crippen LogP contribution < -0.4 is 10.6 Å². The second-order valence-corrected chi connectivity index (χ2v) is 9.63. The molecule has 1 aromatic carbocycles. The van der Waals surface area contributed by atoms with Crippen LogP contribution in [0.5, 0.6) is 0 Å². The molecule has 0 aromatic heterocycles. The number of fused-ring (bicyclic) bond motifs is 1. The number of ether oxygens (including phenoxy) is 2. The fraction of sp³-hybridized carbons (Fsp3) is 0.560. The third kappa shape index (κ3) is 6.55. The van der Waals surface area contributed by atoms with Crippen molar-refractivity contribution < 1.29 is 36.6 Å². The Kier molecular flexibility index (Phi) is 8.44. The summed E-state index contributed by atoms with van der Waals surface area (Å²) in [6.45, 7) is 1.65. The number of nitrogens with zero attached hydrogens (tertiary/aromatic N) is 2. The smallest absolute Gasteiger partial charge is 0.431 e. The molecule has 3 aliphatic heterocycles. The SMILES string of the molecule is CN/C(=C\C(=N)OC(c1ccc(F)cc1)C1CCN(C(=O)N2CC[C@@H]3OCC(=O)N[C@@H]3C2)CC1)C(F)(F)F. The summed E-state index contributed by atoms with van der Waals surface area (Å²) in [6, 6.07) is 5.04. The summed E-state index contributed by atoms with van der Waals surface area (Å²) in [4.78, 5) is 28.3. The molecular weight excluding hydrogens is 510 g/mol. The Balaban J connectivity index is 1.41. The van der Waals surface area contributed by atoms with Gasteiger partial charge >= 0.3 is 12.2 Å². The van der Waals surface area contributed by atoms with Gasteiger partial charge in [-0.2, -0.15) is 13.2 Å². The molecule has 208 valence electrons. The maximum atomic E-state index is 13.5. The van der Waals surface area contributed by atoms with Crippen molar-refractivity contribution in [3.63, 3.8) is 0 Å².